The molecule has 0 spiro atoms. The molecule has 0 aliphatic heterocycles. The summed E-state index contributed by atoms with van der Waals surface area (Å²) < 4.78 is 5.46. The van der Waals surface area contributed by atoms with E-state index < -0.39 is 5.97 Å². The summed E-state index contributed by atoms with van der Waals surface area (Å²) in [6.45, 7) is 5.58. The Balaban J connectivity index is 3.15. The van der Waals surface area contributed by atoms with Gasteiger partial charge in [0, 0.05) is 0 Å². The summed E-state index contributed by atoms with van der Waals surface area (Å²) in [7, 11) is 0. The zero-order valence-electron chi connectivity index (χ0n) is 8.57. The molecule has 0 bridgehead atoms. The lowest BCUT2D eigenvalue weighted by Gasteiger charge is -2.14. The van der Waals surface area contributed by atoms with E-state index in [0.29, 0.717) is 5.75 Å². The van der Waals surface area contributed by atoms with Crippen molar-refractivity contribution >= 4 is 5.97 Å². The van der Waals surface area contributed by atoms with Crippen molar-refractivity contribution in [3.8, 4) is 5.75 Å². The van der Waals surface area contributed by atoms with Crippen molar-refractivity contribution in [2.45, 2.75) is 26.9 Å². The number of aryl methyl sites for hydroxylation is 1. The van der Waals surface area contributed by atoms with Gasteiger partial charge in [0.15, 0.2) is 0 Å². The SMILES string of the molecule is Cc1cccc(C(=O)O)c1OC(C)C. The molecule has 76 valence electrons. The number of aromatic carboxylic acids is 1. The van der Waals surface area contributed by atoms with E-state index >= 15 is 0 Å². The largest absolute Gasteiger partial charge is 0.490 e. The van der Waals surface area contributed by atoms with E-state index in [1.165, 1.54) is 0 Å². The Morgan fingerprint density at radius 1 is 1.43 bits per heavy atom. The third kappa shape index (κ3) is 2.25. The number of carboxylic acids is 1. The summed E-state index contributed by atoms with van der Waals surface area (Å²) in [6, 6.07) is 5.10. The third-order valence-corrected chi connectivity index (χ3v) is 1.80. The van der Waals surface area contributed by atoms with Crippen molar-refractivity contribution in [1.82, 2.24) is 0 Å². The number of benzene rings is 1. The summed E-state index contributed by atoms with van der Waals surface area (Å²) in [5, 5.41) is 8.92. The van der Waals surface area contributed by atoms with Crippen LogP contribution < -0.4 is 4.74 Å². The van der Waals surface area contributed by atoms with Crippen molar-refractivity contribution < 1.29 is 14.6 Å². The van der Waals surface area contributed by atoms with Gasteiger partial charge in [-0.2, -0.15) is 0 Å². The molecule has 0 heterocycles. The molecule has 3 heteroatoms. The molecule has 1 aromatic rings. The first-order valence-electron chi connectivity index (χ1n) is 4.52. The first-order valence-corrected chi connectivity index (χ1v) is 4.52. The average Bonchev–Trinajstić information content (AvgIpc) is 2.07. The molecular weight excluding hydrogens is 180 g/mol. The van der Waals surface area contributed by atoms with Gasteiger partial charge in [-0.25, -0.2) is 4.79 Å². The fourth-order valence-electron chi connectivity index (χ4n) is 1.21. The molecule has 0 unspecified atom stereocenters. The van der Waals surface area contributed by atoms with Gasteiger partial charge in [0.05, 0.1) is 6.10 Å². The number of rotatable bonds is 3. The number of ether oxygens (including phenoxy) is 1. The molecule has 0 fully saturated rings. The number of hydrogen-bond acceptors (Lipinski definition) is 2. The first-order chi connectivity index (χ1) is 6.52. The molecule has 1 N–H and O–H groups in total. The molecule has 0 aliphatic rings. The second kappa shape index (κ2) is 4.13. The Hall–Kier alpha value is -1.51. The minimum Gasteiger partial charge on any atom is -0.490 e. The van der Waals surface area contributed by atoms with Crippen LogP contribution in [-0.4, -0.2) is 17.2 Å². The van der Waals surface area contributed by atoms with Crippen LogP contribution in [0.1, 0.15) is 29.8 Å². The molecular formula is C11H14O3. The smallest absolute Gasteiger partial charge is 0.339 e. The van der Waals surface area contributed by atoms with Gasteiger partial charge in [0.1, 0.15) is 11.3 Å². The highest BCUT2D eigenvalue weighted by atomic mass is 16.5. The summed E-state index contributed by atoms with van der Waals surface area (Å²) in [5.74, 6) is -0.487. The van der Waals surface area contributed by atoms with Gasteiger partial charge in [0.25, 0.3) is 0 Å². The molecule has 3 nitrogen and oxygen atoms in total. The highest BCUT2D eigenvalue weighted by Crippen LogP contribution is 2.24. The zero-order chi connectivity index (χ0) is 10.7. The third-order valence-electron chi connectivity index (χ3n) is 1.80. The monoisotopic (exact) mass is 194 g/mol. The van der Waals surface area contributed by atoms with E-state index in [1.807, 2.05) is 26.8 Å². The molecule has 0 amide bonds. The summed E-state index contributed by atoms with van der Waals surface area (Å²) in [5.41, 5.74) is 1.07. The molecule has 0 atom stereocenters. The molecule has 1 rings (SSSR count). The Morgan fingerprint density at radius 3 is 2.57 bits per heavy atom. The van der Waals surface area contributed by atoms with Gasteiger partial charge in [-0.1, -0.05) is 12.1 Å². The van der Waals surface area contributed by atoms with E-state index in [9.17, 15) is 4.79 Å². The Labute approximate surface area is 83.3 Å². The van der Waals surface area contributed by atoms with Crippen LogP contribution in [0.15, 0.2) is 18.2 Å². The molecule has 0 saturated carbocycles. The summed E-state index contributed by atoms with van der Waals surface area (Å²) in [4.78, 5) is 10.9. The van der Waals surface area contributed by atoms with Gasteiger partial charge in [-0.05, 0) is 32.4 Å². The molecule has 0 aliphatic carbocycles. The van der Waals surface area contributed by atoms with Crippen LogP contribution in [0.4, 0.5) is 0 Å². The predicted molar refractivity (Wildman–Crippen MR) is 53.9 cm³/mol. The van der Waals surface area contributed by atoms with Crippen LogP contribution in [-0.2, 0) is 0 Å². The van der Waals surface area contributed by atoms with Gasteiger partial charge in [-0.15, -0.1) is 0 Å². The van der Waals surface area contributed by atoms with Crippen LogP contribution in [0.2, 0.25) is 0 Å². The number of carbonyl (C=O) groups is 1. The van der Waals surface area contributed by atoms with Crippen LogP contribution in [0.3, 0.4) is 0 Å². The fraction of sp³-hybridized carbons (Fsp3) is 0.364. The normalized spacial score (nSPS) is 10.3. The lowest BCUT2D eigenvalue weighted by molar-refractivity contribution is 0.0690. The number of para-hydroxylation sites is 1. The zero-order valence-corrected chi connectivity index (χ0v) is 8.57. The Morgan fingerprint density at radius 2 is 2.07 bits per heavy atom. The van der Waals surface area contributed by atoms with Crippen molar-refractivity contribution in [1.29, 1.82) is 0 Å². The topological polar surface area (TPSA) is 46.5 Å². The van der Waals surface area contributed by atoms with E-state index in [0.717, 1.165) is 5.56 Å². The Kier molecular flexibility index (Phi) is 3.12. The second-order valence-electron chi connectivity index (χ2n) is 3.42. The van der Waals surface area contributed by atoms with Crippen molar-refractivity contribution in [3.63, 3.8) is 0 Å². The van der Waals surface area contributed by atoms with Gasteiger partial charge >= 0.3 is 5.97 Å². The van der Waals surface area contributed by atoms with Crippen molar-refractivity contribution in [2.75, 3.05) is 0 Å². The maximum atomic E-state index is 10.9. The number of carboxylic acid groups (broad SMARTS) is 1. The maximum absolute atomic E-state index is 10.9. The Bertz CT molecular complexity index is 342. The highest BCUT2D eigenvalue weighted by Gasteiger charge is 2.13. The molecule has 1 aromatic carbocycles. The lowest BCUT2D eigenvalue weighted by Crippen LogP contribution is -2.11. The van der Waals surface area contributed by atoms with Crippen LogP contribution in [0, 0.1) is 6.92 Å². The van der Waals surface area contributed by atoms with Gasteiger partial charge < -0.3 is 9.84 Å². The minimum atomic E-state index is -0.954. The molecule has 0 aromatic heterocycles. The van der Waals surface area contributed by atoms with Crippen molar-refractivity contribution in [3.05, 3.63) is 29.3 Å². The highest BCUT2D eigenvalue weighted by molar-refractivity contribution is 5.91. The van der Waals surface area contributed by atoms with Crippen molar-refractivity contribution in [2.24, 2.45) is 0 Å². The number of hydrogen-bond donors (Lipinski definition) is 1. The molecule has 0 radical (unpaired) electrons. The predicted octanol–water partition coefficient (Wildman–Crippen LogP) is 2.48. The van der Waals surface area contributed by atoms with Crippen LogP contribution in [0.5, 0.6) is 5.75 Å². The van der Waals surface area contributed by atoms with Gasteiger partial charge in [0.2, 0.25) is 0 Å². The van der Waals surface area contributed by atoms with E-state index in [2.05, 4.69) is 0 Å². The lowest BCUT2D eigenvalue weighted by atomic mass is 10.1. The molecule has 14 heavy (non-hydrogen) atoms. The molecule has 0 saturated heterocycles. The van der Waals surface area contributed by atoms with Crippen LogP contribution >= 0.6 is 0 Å². The van der Waals surface area contributed by atoms with E-state index in [4.69, 9.17) is 9.84 Å². The van der Waals surface area contributed by atoms with E-state index in [1.54, 1.807) is 12.1 Å². The first kappa shape index (κ1) is 10.6. The van der Waals surface area contributed by atoms with E-state index in [-0.39, 0.29) is 11.7 Å². The van der Waals surface area contributed by atoms with Crippen LogP contribution in [0.25, 0.3) is 0 Å². The quantitative estimate of drug-likeness (QED) is 0.804. The summed E-state index contributed by atoms with van der Waals surface area (Å²) >= 11 is 0. The summed E-state index contributed by atoms with van der Waals surface area (Å²) in [6.07, 6.45) is -0.0193. The second-order valence-corrected chi connectivity index (χ2v) is 3.42. The van der Waals surface area contributed by atoms with Gasteiger partial charge in [-0.3, -0.25) is 0 Å². The average molecular weight is 194 g/mol. The fourth-order valence-corrected chi connectivity index (χ4v) is 1.21. The minimum absolute atomic E-state index is 0.0193. The standard InChI is InChI=1S/C11H14O3/c1-7(2)14-10-8(3)5-4-6-9(10)11(12)13/h4-7H,1-3H3,(H,12,13). The maximum Gasteiger partial charge on any atom is 0.339 e.